The summed E-state index contributed by atoms with van der Waals surface area (Å²) in [5.41, 5.74) is 0.670. The van der Waals surface area contributed by atoms with Gasteiger partial charge in [0.15, 0.2) is 0 Å². The Hall–Kier alpha value is -2.70. The average Bonchev–Trinajstić information content (AvgIpc) is 2.62. The second-order valence-electron chi connectivity index (χ2n) is 6.57. The summed E-state index contributed by atoms with van der Waals surface area (Å²) >= 11 is 0. The summed E-state index contributed by atoms with van der Waals surface area (Å²) in [4.78, 5) is 37.8. The lowest BCUT2D eigenvalue weighted by Crippen LogP contribution is -2.36. The first-order chi connectivity index (χ1) is 12.0. The molecule has 3 rings (SSSR count). The van der Waals surface area contributed by atoms with Gasteiger partial charge in [-0.25, -0.2) is 4.98 Å². The molecule has 1 aliphatic heterocycles. The van der Waals surface area contributed by atoms with Crippen LogP contribution in [0, 0.1) is 5.92 Å². The van der Waals surface area contributed by atoms with Gasteiger partial charge in [0, 0.05) is 25.4 Å². The SMILES string of the molecule is CC1CCN(c2nc(C(C)NC(=O)c3ccccn3)cc(=O)[nH]2)CC1. The van der Waals surface area contributed by atoms with E-state index in [0.717, 1.165) is 25.9 Å². The molecular weight excluding hydrogens is 318 g/mol. The minimum absolute atomic E-state index is 0.211. The summed E-state index contributed by atoms with van der Waals surface area (Å²) < 4.78 is 0. The molecule has 7 nitrogen and oxygen atoms in total. The summed E-state index contributed by atoms with van der Waals surface area (Å²) in [5, 5.41) is 2.84. The molecule has 0 bridgehead atoms. The fourth-order valence-electron chi connectivity index (χ4n) is 2.90. The average molecular weight is 341 g/mol. The van der Waals surface area contributed by atoms with Crippen LogP contribution in [0.1, 0.15) is 48.9 Å². The van der Waals surface area contributed by atoms with Crippen molar-refractivity contribution in [1.29, 1.82) is 0 Å². The monoisotopic (exact) mass is 341 g/mol. The van der Waals surface area contributed by atoms with Crippen LogP contribution in [0.4, 0.5) is 5.95 Å². The topological polar surface area (TPSA) is 91.0 Å². The molecule has 1 unspecified atom stereocenters. The highest BCUT2D eigenvalue weighted by Crippen LogP contribution is 2.20. The van der Waals surface area contributed by atoms with Crippen molar-refractivity contribution in [3.63, 3.8) is 0 Å². The highest BCUT2D eigenvalue weighted by Gasteiger charge is 2.20. The Kier molecular flexibility index (Phi) is 5.11. The zero-order valence-electron chi connectivity index (χ0n) is 14.5. The summed E-state index contributed by atoms with van der Waals surface area (Å²) in [6.45, 7) is 5.80. The molecule has 2 aromatic heterocycles. The number of anilines is 1. The lowest BCUT2D eigenvalue weighted by atomic mass is 10.00. The fourth-order valence-corrected chi connectivity index (χ4v) is 2.90. The van der Waals surface area contributed by atoms with Crippen LogP contribution in [0.3, 0.4) is 0 Å². The van der Waals surface area contributed by atoms with Crippen molar-refractivity contribution in [2.45, 2.75) is 32.7 Å². The smallest absolute Gasteiger partial charge is 0.270 e. The Labute approximate surface area is 146 Å². The van der Waals surface area contributed by atoms with Gasteiger partial charge in [-0.15, -0.1) is 0 Å². The molecule has 1 fully saturated rings. The Bertz CT molecular complexity index is 782. The molecule has 3 heterocycles. The van der Waals surface area contributed by atoms with E-state index in [9.17, 15) is 9.59 Å². The van der Waals surface area contributed by atoms with Crippen LogP contribution in [0.15, 0.2) is 35.3 Å². The summed E-state index contributed by atoms with van der Waals surface area (Å²) in [7, 11) is 0. The highest BCUT2D eigenvalue weighted by atomic mass is 16.2. The second kappa shape index (κ2) is 7.46. The molecule has 1 amide bonds. The molecule has 25 heavy (non-hydrogen) atoms. The van der Waals surface area contributed by atoms with E-state index in [1.807, 2.05) is 6.92 Å². The number of H-pyrrole nitrogens is 1. The fraction of sp³-hybridized carbons (Fsp3) is 0.444. The predicted molar refractivity (Wildman–Crippen MR) is 95.6 cm³/mol. The Morgan fingerprint density at radius 2 is 2.12 bits per heavy atom. The van der Waals surface area contributed by atoms with Crippen LogP contribution in [0.5, 0.6) is 0 Å². The van der Waals surface area contributed by atoms with Gasteiger partial charge in [-0.1, -0.05) is 13.0 Å². The van der Waals surface area contributed by atoms with E-state index in [1.165, 1.54) is 6.07 Å². The number of hydrogen-bond donors (Lipinski definition) is 2. The van der Waals surface area contributed by atoms with Crippen molar-refractivity contribution in [3.05, 3.63) is 52.2 Å². The molecule has 7 heteroatoms. The number of aromatic nitrogens is 3. The molecule has 2 N–H and O–H groups in total. The van der Waals surface area contributed by atoms with Crippen molar-refractivity contribution in [2.24, 2.45) is 5.92 Å². The number of nitrogens with zero attached hydrogens (tertiary/aromatic N) is 3. The lowest BCUT2D eigenvalue weighted by Gasteiger charge is -2.31. The minimum atomic E-state index is -0.390. The Morgan fingerprint density at radius 3 is 2.80 bits per heavy atom. The number of pyridine rings is 1. The number of nitrogens with one attached hydrogen (secondary N) is 2. The summed E-state index contributed by atoms with van der Waals surface area (Å²) in [5.74, 6) is 0.986. The predicted octanol–water partition coefficient (Wildman–Crippen LogP) is 1.89. The van der Waals surface area contributed by atoms with Crippen LogP contribution in [-0.4, -0.2) is 33.9 Å². The quantitative estimate of drug-likeness (QED) is 0.886. The minimum Gasteiger partial charge on any atom is -0.343 e. The number of rotatable bonds is 4. The molecule has 1 aliphatic rings. The van der Waals surface area contributed by atoms with Crippen molar-refractivity contribution in [2.75, 3.05) is 18.0 Å². The van der Waals surface area contributed by atoms with Gasteiger partial charge in [-0.3, -0.25) is 19.6 Å². The van der Waals surface area contributed by atoms with Gasteiger partial charge in [-0.2, -0.15) is 0 Å². The maximum atomic E-state index is 12.2. The van der Waals surface area contributed by atoms with Crippen LogP contribution < -0.4 is 15.8 Å². The van der Waals surface area contributed by atoms with E-state index in [4.69, 9.17) is 0 Å². The molecule has 0 aliphatic carbocycles. The molecule has 132 valence electrons. The molecule has 0 aromatic carbocycles. The molecule has 0 radical (unpaired) electrons. The molecule has 2 aromatic rings. The lowest BCUT2D eigenvalue weighted by molar-refractivity contribution is 0.0934. The van der Waals surface area contributed by atoms with Gasteiger partial charge in [0.2, 0.25) is 5.95 Å². The Morgan fingerprint density at radius 1 is 1.36 bits per heavy atom. The number of aromatic amines is 1. The summed E-state index contributed by atoms with van der Waals surface area (Å²) in [6.07, 6.45) is 3.74. The maximum Gasteiger partial charge on any atom is 0.270 e. The van der Waals surface area contributed by atoms with E-state index in [-0.39, 0.29) is 17.5 Å². The number of hydrogen-bond acceptors (Lipinski definition) is 5. The van der Waals surface area contributed by atoms with Gasteiger partial charge in [0.25, 0.3) is 11.5 Å². The number of piperidine rings is 1. The number of carbonyl (C=O) groups is 1. The van der Waals surface area contributed by atoms with E-state index < -0.39 is 0 Å². The molecule has 1 saturated heterocycles. The first-order valence-corrected chi connectivity index (χ1v) is 8.61. The zero-order valence-corrected chi connectivity index (χ0v) is 14.5. The zero-order chi connectivity index (χ0) is 17.8. The molecule has 0 saturated carbocycles. The molecule has 1 atom stereocenters. The van der Waals surface area contributed by atoms with Crippen molar-refractivity contribution >= 4 is 11.9 Å². The van der Waals surface area contributed by atoms with Crippen molar-refractivity contribution < 1.29 is 4.79 Å². The van der Waals surface area contributed by atoms with Crippen LogP contribution in [0.25, 0.3) is 0 Å². The Balaban J connectivity index is 1.75. The largest absolute Gasteiger partial charge is 0.343 e. The highest BCUT2D eigenvalue weighted by molar-refractivity contribution is 5.92. The number of carbonyl (C=O) groups excluding carboxylic acids is 1. The van der Waals surface area contributed by atoms with Gasteiger partial charge >= 0.3 is 0 Å². The van der Waals surface area contributed by atoms with Crippen molar-refractivity contribution in [1.82, 2.24) is 20.3 Å². The third-order valence-corrected chi connectivity index (χ3v) is 4.52. The van der Waals surface area contributed by atoms with Gasteiger partial charge < -0.3 is 10.2 Å². The van der Waals surface area contributed by atoms with Crippen molar-refractivity contribution in [3.8, 4) is 0 Å². The van der Waals surface area contributed by atoms with E-state index in [2.05, 4.69) is 32.1 Å². The number of amides is 1. The first kappa shape index (κ1) is 17.1. The van der Waals surface area contributed by atoms with Gasteiger partial charge in [0.05, 0.1) is 11.7 Å². The third-order valence-electron chi connectivity index (χ3n) is 4.52. The molecule has 0 spiro atoms. The summed E-state index contributed by atoms with van der Waals surface area (Å²) in [6, 6.07) is 6.20. The van der Waals surface area contributed by atoms with Gasteiger partial charge in [-0.05, 0) is 37.8 Å². The first-order valence-electron chi connectivity index (χ1n) is 8.61. The van der Waals surface area contributed by atoms with Gasteiger partial charge in [0.1, 0.15) is 5.69 Å². The van der Waals surface area contributed by atoms with Crippen LogP contribution in [-0.2, 0) is 0 Å². The maximum absolute atomic E-state index is 12.2. The van der Waals surface area contributed by atoms with Crippen LogP contribution >= 0.6 is 0 Å². The van der Waals surface area contributed by atoms with E-state index in [0.29, 0.717) is 23.3 Å². The second-order valence-corrected chi connectivity index (χ2v) is 6.57. The van der Waals surface area contributed by atoms with E-state index >= 15 is 0 Å². The van der Waals surface area contributed by atoms with E-state index in [1.54, 1.807) is 24.4 Å². The molecular formula is C18H23N5O2. The standard InChI is InChI=1S/C18H23N5O2/c1-12-6-9-23(10-7-12)18-21-15(11-16(24)22-18)13(2)20-17(25)14-5-3-4-8-19-14/h3-5,8,11-13H,6-7,9-10H2,1-2H3,(H,20,25)(H,21,22,24). The third kappa shape index (κ3) is 4.23. The van der Waals surface area contributed by atoms with Crippen LogP contribution in [0.2, 0.25) is 0 Å². The normalized spacial score (nSPS) is 16.5.